The van der Waals surface area contributed by atoms with Gasteiger partial charge in [0.25, 0.3) is 0 Å². The van der Waals surface area contributed by atoms with Gasteiger partial charge in [0.05, 0.1) is 0 Å². The fourth-order valence-corrected chi connectivity index (χ4v) is 0.680. The van der Waals surface area contributed by atoms with Crippen molar-refractivity contribution in [1.82, 2.24) is 0 Å². The van der Waals surface area contributed by atoms with E-state index in [2.05, 4.69) is 0 Å². The molecule has 0 aliphatic heterocycles. The highest BCUT2D eigenvalue weighted by Crippen LogP contribution is 1.97. The zero-order valence-electron chi connectivity index (χ0n) is 4.43. The highest BCUT2D eigenvalue weighted by Gasteiger charge is 1.85. The van der Waals surface area contributed by atoms with Crippen LogP contribution in [-0.4, -0.2) is 6.73 Å². The number of rotatable bonds is 0. The lowest BCUT2D eigenvalue weighted by Gasteiger charge is -1.65. The summed E-state index contributed by atoms with van der Waals surface area (Å²) in [6.45, 7) is -1.72. The molecule has 0 radical (unpaired) electrons. The standard InChI is InChI=1S/C4H4S.Cl3HSi/c1-2-4-5-3-1;1-4(2)3/h1-4H;4H. The van der Waals surface area contributed by atoms with E-state index in [4.69, 9.17) is 33.2 Å². The van der Waals surface area contributed by atoms with E-state index in [1.54, 1.807) is 11.3 Å². The van der Waals surface area contributed by atoms with Crippen LogP contribution in [0.3, 0.4) is 0 Å². The van der Waals surface area contributed by atoms with Gasteiger partial charge in [0.15, 0.2) is 0 Å². The van der Waals surface area contributed by atoms with E-state index in [9.17, 15) is 0 Å². The van der Waals surface area contributed by atoms with Gasteiger partial charge in [-0.15, -0.1) is 33.2 Å². The van der Waals surface area contributed by atoms with Crippen LogP contribution >= 0.6 is 44.6 Å². The van der Waals surface area contributed by atoms with E-state index in [0.29, 0.717) is 0 Å². The normalized spacial score (nSPS) is 8.44. The monoisotopic (exact) mass is 218 g/mol. The van der Waals surface area contributed by atoms with Crippen LogP contribution in [0.2, 0.25) is 0 Å². The Morgan fingerprint density at radius 1 is 1.00 bits per heavy atom. The van der Waals surface area contributed by atoms with Crippen LogP contribution < -0.4 is 0 Å². The van der Waals surface area contributed by atoms with Gasteiger partial charge in [0, 0.05) is 0 Å². The number of hydrogen-bond acceptors (Lipinski definition) is 1. The second-order valence-corrected chi connectivity index (χ2v) is 8.29. The summed E-state index contributed by atoms with van der Waals surface area (Å²) in [5, 5.41) is 4.08. The first-order valence-electron chi connectivity index (χ1n) is 2.13. The van der Waals surface area contributed by atoms with E-state index in [-0.39, 0.29) is 0 Å². The molecule has 1 aromatic rings. The molecule has 0 atom stereocenters. The van der Waals surface area contributed by atoms with Gasteiger partial charge < -0.3 is 0 Å². The average Bonchev–Trinajstić information content (AvgIpc) is 2.11. The van der Waals surface area contributed by atoms with Gasteiger partial charge in [0.2, 0.25) is 0 Å². The molecule has 0 spiro atoms. The second kappa shape index (κ2) is 6.90. The van der Waals surface area contributed by atoms with Crippen molar-refractivity contribution in [3.63, 3.8) is 0 Å². The molecule has 0 bridgehead atoms. The maximum atomic E-state index is 4.94. The van der Waals surface area contributed by atoms with Crippen LogP contribution in [0, 0.1) is 0 Å². The largest absolute Gasteiger partial charge is 0.326 e. The van der Waals surface area contributed by atoms with E-state index in [1.807, 2.05) is 22.9 Å². The lowest BCUT2D eigenvalue weighted by Crippen LogP contribution is -1.66. The smallest absolute Gasteiger partial charge is 0.152 e. The van der Waals surface area contributed by atoms with Crippen LogP contribution in [0.5, 0.6) is 0 Å². The number of hydrogen-bond donors (Lipinski definition) is 0. The Balaban J connectivity index is 0.000000148. The predicted molar refractivity (Wildman–Crippen MR) is 49.0 cm³/mol. The summed E-state index contributed by atoms with van der Waals surface area (Å²) in [5.41, 5.74) is 0. The van der Waals surface area contributed by atoms with Crippen molar-refractivity contribution in [2.45, 2.75) is 0 Å². The lowest BCUT2D eigenvalue weighted by atomic mass is 10.7. The zero-order chi connectivity index (χ0) is 7.11. The molecule has 0 nitrogen and oxygen atoms in total. The Hall–Kier alpha value is 0.787. The molecule has 0 aromatic carbocycles. The quantitative estimate of drug-likeness (QED) is 0.464. The summed E-state index contributed by atoms with van der Waals surface area (Å²) in [5.74, 6) is 0. The molecular weight excluding hydrogens is 215 g/mol. The first-order valence-corrected chi connectivity index (χ1v) is 8.31. The zero-order valence-corrected chi connectivity index (χ0v) is 8.67. The van der Waals surface area contributed by atoms with Crippen molar-refractivity contribution in [2.75, 3.05) is 0 Å². The molecule has 0 unspecified atom stereocenters. The van der Waals surface area contributed by atoms with Gasteiger partial charge in [-0.2, -0.15) is 11.3 Å². The molecule has 0 amide bonds. The van der Waals surface area contributed by atoms with Gasteiger partial charge in [-0.25, -0.2) is 0 Å². The molecule has 5 heteroatoms. The molecule has 0 N–H and O–H groups in total. The Bertz CT molecular complexity index is 99.4. The Morgan fingerprint density at radius 2 is 1.33 bits per heavy atom. The third-order valence-electron chi connectivity index (χ3n) is 0.425. The van der Waals surface area contributed by atoms with E-state index in [1.165, 1.54) is 0 Å². The first kappa shape index (κ1) is 9.79. The molecule has 1 aromatic heterocycles. The summed E-state index contributed by atoms with van der Waals surface area (Å²) < 4.78 is 0. The molecular formula is C4H5Cl3SSi. The summed E-state index contributed by atoms with van der Waals surface area (Å²) in [4.78, 5) is 0. The highest BCUT2D eigenvalue weighted by atomic mass is 35.8. The van der Waals surface area contributed by atoms with Gasteiger partial charge >= 0.3 is 6.73 Å². The second-order valence-electron chi connectivity index (χ2n) is 1.04. The van der Waals surface area contributed by atoms with Gasteiger partial charge in [-0.1, -0.05) is 12.1 Å². The van der Waals surface area contributed by atoms with Crippen LogP contribution in [0.25, 0.3) is 0 Å². The topological polar surface area (TPSA) is 0 Å². The van der Waals surface area contributed by atoms with E-state index < -0.39 is 6.73 Å². The van der Waals surface area contributed by atoms with Crippen molar-refractivity contribution >= 4 is 51.3 Å². The van der Waals surface area contributed by atoms with Crippen LogP contribution in [0.4, 0.5) is 0 Å². The molecule has 0 saturated heterocycles. The van der Waals surface area contributed by atoms with Crippen molar-refractivity contribution in [2.24, 2.45) is 0 Å². The third-order valence-corrected chi connectivity index (χ3v) is 1.05. The minimum Gasteiger partial charge on any atom is -0.152 e. The maximum Gasteiger partial charge on any atom is 0.326 e. The van der Waals surface area contributed by atoms with Crippen LogP contribution in [0.15, 0.2) is 22.9 Å². The summed E-state index contributed by atoms with van der Waals surface area (Å²) in [6, 6.07) is 4.04. The van der Waals surface area contributed by atoms with Gasteiger partial charge in [-0.05, 0) is 10.8 Å². The lowest BCUT2D eigenvalue weighted by molar-refractivity contribution is 2.03. The average molecular weight is 220 g/mol. The van der Waals surface area contributed by atoms with Crippen molar-refractivity contribution in [3.8, 4) is 0 Å². The van der Waals surface area contributed by atoms with E-state index >= 15 is 0 Å². The molecule has 0 fully saturated rings. The molecule has 0 aliphatic rings. The summed E-state index contributed by atoms with van der Waals surface area (Å²) >= 11 is 16.5. The molecule has 9 heavy (non-hydrogen) atoms. The Labute approximate surface area is 74.1 Å². The van der Waals surface area contributed by atoms with Gasteiger partial charge in [0.1, 0.15) is 0 Å². The summed E-state index contributed by atoms with van der Waals surface area (Å²) in [7, 11) is 0. The third kappa shape index (κ3) is 12.1. The fraction of sp³-hybridized carbons (Fsp3) is 0. The molecule has 1 rings (SSSR count). The molecule has 0 saturated carbocycles. The minimum atomic E-state index is -1.72. The predicted octanol–water partition coefficient (Wildman–Crippen LogP) is 3.17. The molecule has 0 aliphatic carbocycles. The molecule has 1 heterocycles. The number of halogens is 3. The molecule has 52 valence electrons. The van der Waals surface area contributed by atoms with Crippen molar-refractivity contribution in [3.05, 3.63) is 22.9 Å². The van der Waals surface area contributed by atoms with Crippen LogP contribution in [0.1, 0.15) is 0 Å². The number of thiophene rings is 1. The first-order chi connectivity index (χ1) is 4.23. The van der Waals surface area contributed by atoms with Gasteiger partial charge in [-0.3, -0.25) is 0 Å². The van der Waals surface area contributed by atoms with Crippen molar-refractivity contribution in [1.29, 1.82) is 0 Å². The Morgan fingerprint density at radius 3 is 1.44 bits per heavy atom. The highest BCUT2D eigenvalue weighted by molar-refractivity contribution is 7.54. The fourth-order valence-electron chi connectivity index (χ4n) is 0.227. The SMILES string of the molecule is Cl[SiH](Cl)Cl.c1ccsc1. The van der Waals surface area contributed by atoms with Crippen molar-refractivity contribution < 1.29 is 0 Å². The van der Waals surface area contributed by atoms with Crippen LogP contribution in [-0.2, 0) is 0 Å². The summed E-state index contributed by atoms with van der Waals surface area (Å²) in [6.07, 6.45) is 0. The van der Waals surface area contributed by atoms with E-state index in [0.717, 1.165) is 0 Å². The minimum absolute atomic E-state index is 1.71. The maximum absolute atomic E-state index is 4.94. The Kier molecular flexibility index (Phi) is 7.50.